The molecule has 0 saturated heterocycles. The molecule has 9 nitrogen and oxygen atoms in total. The topological polar surface area (TPSA) is 108 Å². The number of sulfonamides is 1. The molecule has 10 heteroatoms. The number of rotatable bonds is 10. The smallest absolute Gasteiger partial charge is 0.324 e. The molecule has 0 spiro atoms. The Labute approximate surface area is 205 Å². The second kappa shape index (κ2) is 10.9. The van der Waals surface area contributed by atoms with E-state index in [1.165, 1.54) is 26.4 Å². The zero-order valence-corrected chi connectivity index (χ0v) is 21.5. The molecule has 188 valence electrons. The largest absolute Gasteiger partial charge is 0.497 e. The number of oxazole rings is 1. The van der Waals surface area contributed by atoms with Gasteiger partial charge in [0.05, 0.1) is 38.5 Å². The van der Waals surface area contributed by atoms with Gasteiger partial charge in [-0.1, -0.05) is 13.8 Å². The average molecular weight is 503 g/mol. The molecule has 0 fully saturated rings. The number of benzene rings is 2. The molecule has 35 heavy (non-hydrogen) atoms. The maximum Gasteiger partial charge on any atom is 0.324 e. The third-order valence-corrected chi connectivity index (χ3v) is 7.43. The van der Waals surface area contributed by atoms with E-state index in [9.17, 15) is 13.2 Å². The molecule has 1 aromatic heterocycles. The molecule has 1 atom stereocenters. The Kier molecular flexibility index (Phi) is 8.18. The van der Waals surface area contributed by atoms with Crippen molar-refractivity contribution >= 4 is 16.0 Å². The van der Waals surface area contributed by atoms with E-state index in [4.69, 9.17) is 18.6 Å². The van der Waals surface area contributed by atoms with Crippen molar-refractivity contribution in [1.29, 1.82) is 0 Å². The van der Waals surface area contributed by atoms with Gasteiger partial charge in [0, 0.05) is 5.56 Å². The van der Waals surface area contributed by atoms with E-state index in [1.807, 2.05) is 0 Å². The molecule has 0 unspecified atom stereocenters. The highest BCUT2D eigenvalue weighted by molar-refractivity contribution is 7.89. The highest BCUT2D eigenvalue weighted by Crippen LogP contribution is 2.29. The Bertz CT molecular complexity index is 1250. The number of esters is 1. The first-order valence-corrected chi connectivity index (χ1v) is 12.4. The molecule has 3 aromatic rings. The minimum Gasteiger partial charge on any atom is -0.497 e. The van der Waals surface area contributed by atoms with E-state index in [0.29, 0.717) is 34.4 Å². The van der Waals surface area contributed by atoms with E-state index in [0.717, 1.165) is 4.31 Å². The molecular formula is C25H30N2O7S. The van der Waals surface area contributed by atoms with Crippen LogP contribution in [-0.4, -0.2) is 51.0 Å². The Morgan fingerprint density at radius 3 is 2.00 bits per heavy atom. The quantitative estimate of drug-likeness (QED) is 0.382. The van der Waals surface area contributed by atoms with Crippen LogP contribution in [-0.2, 0) is 26.1 Å². The van der Waals surface area contributed by atoms with Crippen LogP contribution in [0.4, 0.5) is 0 Å². The zero-order valence-electron chi connectivity index (χ0n) is 20.6. The standard InChI is InChI=1S/C25H30N2O7S/c1-16(2)23(25(28)33-6)27(35(29,30)21-13-11-20(32-5)12-14-21)15-22-17(3)34-24(26-22)18-7-9-19(31-4)10-8-18/h7-14,16,23H,15H2,1-6H3/t23-/m1/s1. The normalized spacial score (nSPS) is 12.6. The SMILES string of the molecule is COC(=O)[C@@H](C(C)C)N(Cc1nc(-c2ccc(OC)cc2)oc1C)S(=O)(=O)c1ccc(OC)cc1. The monoisotopic (exact) mass is 502 g/mol. The Morgan fingerprint density at radius 1 is 0.971 bits per heavy atom. The van der Waals surface area contributed by atoms with Crippen LogP contribution >= 0.6 is 0 Å². The lowest BCUT2D eigenvalue weighted by molar-refractivity contribution is -0.146. The third kappa shape index (κ3) is 5.66. The zero-order chi connectivity index (χ0) is 25.8. The minimum absolute atomic E-state index is 0.0179. The molecule has 0 amide bonds. The summed E-state index contributed by atoms with van der Waals surface area (Å²) in [5.74, 6) is 0.948. The van der Waals surface area contributed by atoms with E-state index in [2.05, 4.69) is 4.98 Å². The minimum atomic E-state index is -4.13. The van der Waals surface area contributed by atoms with Crippen molar-refractivity contribution in [3.63, 3.8) is 0 Å². The molecule has 1 heterocycles. The summed E-state index contributed by atoms with van der Waals surface area (Å²) < 4.78 is 49.8. The number of hydrogen-bond acceptors (Lipinski definition) is 8. The third-order valence-electron chi connectivity index (χ3n) is 5.59. The van der Waals surface area contributed by atoms with Gasteiger partial charge in [0.1, 0.15) is 23.3 Å². The van der Waals surface area contributed by atoms with Gasteiger partial charge >= 0.3 is 5.97 Å². The highest BCUT2D eigenvalue weighted by atomic mass is 32.2. The van der Waals surface area contributed by atoms with E-state index in [-0.39, 0.29) is 17.4 Å². The number of aromatic nitrogens is 1. The molecular weight excluding hydrogens is 472 g/mol. The van der Waals surface area contributed by atoms with Gasteiger partial charge in [0.25, 0.3) is 0 Å². The van der Waals surface area contributed by atoms with Crippen LogP contribution < -0.4 is 9.47 Å². The van der Waals surface area contributed by atoms with Gasteiger partial charge in [-0.25, -0.2) is 13.4 Å². The predicted molar refractivity (Wildman–Crippen MR) is 130 cm³/mol. The molecule has 0 saturated carbocycles. The van der Waals surface area contributed by atoms with Crippen molar-refractivity contribution in [3.05, 3.63) is 60.0 Å². The van der Waals surface area contributed by atoms with Gasteiger partial charge in [-0.05, 0) is 61.4 Å². The summed E-state index contributed by atoms with van der Waals surface area (Å²) in [6, 6.07) is 12.1. The molecule has 2 aromatic carbocycles. The lowest BCUT2D eigenvalue weighted by Gasteiger charge is -2.31. The van der Waals surface area contributed by atoms with Crippen LogP contribution in [0.25, 0.3) is 11.5 Å². The van der Waals surface area contributed by atoms with Crippen molar-refractivity contribution in [3.8, 4) is 23.0 Å². The van der Waals surface area contributed by atoms with Crippen LogP contribution in [0.2, 0.25) is 0 Å². The molecule has 0 aliphatic rings. The van der Waals surface area contributed by atoms with E-state index in [1.54, 1.807) is 64.3 Å². The van der Waals surface area contributed by atoms with Gasteiger partial charge in [-0.15, -0.1) is 0 Å². The van der Waals surface area contributed by atoms with Gasteiger partial charge in [0.15, 0.2) is 0 Å². The second-order valence-corrected chi connectivity index (χ2v) is 10.1. The predicted octanol–water partition coefficient (Wildman–Crippen LogP) is 4.06. The van der Waals surface area contributed by atoms with Crippen LogP contribution in [0.1, 0.15) is 25.3 Å². The van der Waals surface area contributed by atoms with Crippen molar-refractivity contribution in [2.75, 3.05) is 21.3 Å². The van der Waals surface area contributed by atoms with E-state index >= 15 is 0 Å². The summed E-state index contributed by atoms with van der Waals surface area (Å²) in [6.45, 7) is 5.04. The van der Waals surface area contributed by atoms with Crippen LogP contribution in [0.3, 0.4) is 0 Å². The molecule has 0 N–H and O–H groups in total. The van der Waals surface area contributed by atoms with Crippen LogP contribution in [0, 0.1) is 12.8 Å². The molecule has 3 rings (SSSR count). The number of aryl methyl sites for hydroxylation is 1. The van der Waals surface area contributed by atoms with E-state index < -0.39 is 22.0 Å². The number of hydrogen-bond donors (Lipinski definition) is 0. The van der Waals surface area contributed by atoms with Gasteiger partial charge < -0.3 is 18.6 Å². The lowest BCUT2D eigenvalue weighted by atomic mass is 10.0. The fraction of sp³-hybridized carbons (Fsp3) is 0.360. The maximum absolute atomic E-state index is 13.8. The van der Waals surface area contributed by atoms with Crippen LogP contribution in [0.15, 0.2) is 57.8 Å². The van der Waals surface area contributed by atoms with Gasteiger partial charge in [-0.3, -0.25) is 4.79 Å². The van der Waals surface area contributed by atoms with Crippen molar-refractivity contribution in [1.82, 2.24) is 9.29 Å². The first-order chi connectivity index (χ1) is 16.6. The fourth-order valence-electron chi connectivity index (χ4n) is 3.64. The summed E-state index contributed by atoms with van der Waals surface area (Å²) in [6.07, 6.45) is 0. The molecule has 0 radical (unpaired) electrons. The first-order valence-electron chi connectivity index (χ1n) is 11.0. The Morgan fingerprint density at radius 2 is 1.51 bits per heavy atom. The second-order valence-electron chi connectivity index (χ2n) is 8.19. The number of carbonyl (C=O) groups excluding carboxylic acids is 1. The van der Waals surface area contributed by atoms with Crippen molar-refractivity contribution < 1.29 is 31.8 Å². The molecule has 0 aliphatic heterocycles. The van der Waals surface area contributed by atoms with Crippen LogP contribution in [0.5, 0.6) is 11.5 Å². The Hall–Kier alpha value is -3.37. The summed E-state index contributed by atoms with van der Waals surface area (Å²) in [5.41, 5.74) is 1.10. The number of methoxy groups -OCH3 is 3. The van der Waals surface area contributed by atoms with Gasteiger partial charge in [-0.2, -0.15) is 4.31 Å². The number of ether oxygens (including phenoxy) is 3. The number of nitrogens with zero attached hydrogens (tertiary/aromatic N) is 2. The summed E-state index contributed by atoms with van der Waals surface area (Å²) >= 11 is 0. The van der Waals surface area contributed by atoms with Crippen molar-refractivity contribution in [2.45, 2.75) is 38.3 Å². The number of carbonyl (C=O) groups is 1. The summed E-state index contributed by atoms with van der Waals surface area (Å²) in [5, 5.41) is 0. The summed E-state index contributed by atoms with van der Waals surface area (Å²) in [4.78, 5) is 17.3. The lowest BCUT2D eigenvalue weighted by Crippen LogP contribution is -2.48. The maximum atomic E-state index is 13.8. The summed E-state index contributed by atoms with van der Waals surface area (Å²) in [7, 11) is 0.181. The first kappa shape index (κ1) is 26.2. The van der Waals surface area contributed by atoms with Gasteiger partial charge in [0.2, 0.25) is 15.9 Å². The molecule has 0 aliphatic carbocycles. The Balaban J connectivity index is 2.05. The highest BCUT2D eigenvalue weighted by Gasteiger charge is 2.39. The van der Waals surface area contributed by atoms with Crippen molar-refractivity contribution in [2.24, 2.45) is 5.92 Å². The fourth-order valence-corrected chi connectivity index (χ4v) is 5.31. The average Bonchev–Trinajstić information content (AvgIpc) is 3.23. The molecule has 0 bridgehead atoms.